The summed E-state index contributed by atoms with van der Waals surface area (Å²) in [5, 5.41) is 9.03. The monoisotopic (exact) mass is 1870 g/mol. The summed E-state index contributed by atoms with van der Waals surface area (Å²) in [5.74, 6) is 5.39. The molecule has 0 atom stereocenters. The smallest absolute Gasteiger partial charge is 0.164 e. The molecule has 0 unspecified atom stereocenters. The van der Waals surface area contributed by atoms with Gasteiger partial charge in [0.1, 0.15) is 0 Å². The lowest BCUT2D eigenvalue weighted by molar-refractivity contribution is 1.07. The normalized spacial score (nSPS) is 11.2. The highest BCUT2D eigenvalue weighted by molar-refractivity contribution is 5.96. The Balaban J connectivity index is 0.000000118. The van der Waals surface area contributed by atoms with E-state index in [1.165, 1.54) is 5.39 Å². The van der Waals surface area contributed by atoms with Crippen molar-refractivity contribution in [2.45, 2.75) is 0 Å². The Morgan fingerprint density at radius 2 is 0.397 bits per heavy atom. The van der Waals surface area contributed by atoms with Crippen LogP contribution in [-0.4, -0.2) is 79.7 Å². The first kappa shape index (κ1) is 88.6. The van der Waals surface area contributed by atoms with Crippen LogP contribution >= 0.6 is 0 Å². The van der Waals surface area contributed by atoms with Crippen molar-refractivity contribution in [2.24, 2.45) is 0 Å². The molecule has 10 aromatic heterocycles. The molecule has 0 aliphatic heterocycles. The van der Waals surface area contributed by atoms with E-state index in [0.29, 0.717) is 52.4 Å². The molecule has 0 saturated carbocycles. The first-order chi connectivity index (χ1) is 72.2. The molecule has 26 rings (SSSR count). The number of hydrogen-bond acceptors (Lipinski definition) is 16. The highest BCUT2D eigenvalue weighted by Crippen LogP contribution is 2.39. The second-order valence-electron chi connectivity index (χ2n) is 35.3. The minimum absolute atomic E-state index is 0.581. The zero-order valence-corrected chi connectivity index (χ0v) is 78.7. The quantitative estimate of drug-likeness (QED) is 0.0783. The van der Waals surface area contributed by atoms with Crippen molar-refractivity contribution in [1.82, 2.24) is 79.7 Å². The van der Waals surface area contributed by atoms with E-state index in [9.17, 15) is 0 Å². The van der Waals surface area contributed by atoms with Crippen molar-refractivity contribution in [2.75, 3.05) is 0 Å². The van der Waals surface area contributed by atoms with E-state index >= 15 is 0 Å². The number of benzene rings is 16. The van der Waals surface area contributed by atoms with Crippen LogP contribution in [-0.2, 0) is 0 Å². The second kappa shape index (κ2) is 40.4. The largest absolute Gasteiger partial charge is 0.256 e. The van der Waals surface area contributed by atoms with E-state index in [1.54, 1.807) is 12.4 Å². The van der Waals surface area contributed by atoms with Gasteiger partial charge in [0, 0.05) is 148 Å². The van der Waals surface area contributed by atoms with E-state index < -0.39 is 0 Å². The molecule has 16 heteroatoms. The Bertz CT molecular complexity index is 8770. The highest BCUT2D eigenvalue weighted by Gasteiger charge is 2.22. The first-order valence-corrected chi connectivity index (χ1v) is 48.2. The molecule has 0 fully saturated rings. The fourth-order valence-corrected chi connectivity index (χ4v) is 18.2. The molecule has 0 aliphatic carbocycles. The number of para-hydroxylation sites is 2. The van der Waals surface area contributed by atoms with Crippen molar-refractivity contribution >= 4 is 54.1 Å². The molecule has 0 amide bonds. The van der Waals surface area contributed by atoms with Crippen LogP contribution in [0.4, 0.5) is 0 Å². The van der Waals surface area contributed by atoms with Gasteiger partial charge in [0.15, 0.2) is 52.4 Å². The molecule has 16 aromatic carbocycles. The van der Waals surface area contributed by atoms with Crippen LogP contribution in [0.5, 0.6) is 0 Å². The molecule has 0 spiro atoms. The van der Waals surface area contributed by atoms with Crippen molar-refractivity contribution in [1.29, 1.82) is 0 Å². The van der Waals surface area contributed by atoms with Gasteiger partial charge in [-0.25, -0.2) is 49.8 Å². The standard InChI is InChI=1S/C48H30N6.C42H28N4.C40H26N6/c1-2-11-39-30-50-45(29-34(39)10-1)32-19-21-33(22-20-32)46-52-47(37-14-7-12-35(27-37)40-25-26-49-44-18-6-4-16-41(40)44)54-48(53-46)38-15-8-13-36(28-38)43-24-23-31-9-3-5-17-42(31)51-43;1-3-11-29(12-4-1)33-17-9-19-36(25-33)41-44-40(45-42(46-41)37-20-10-18-34(26-37)30-13-5-2-6-14-30)32-23-21-31(22-24-32)39-27-35-15-7-8-16-38(35)28-43-39;1-2-10-34-26-43-37(25-29(34)9-1)27-17-19-28(20-18-27)38-44-39(32-13-7-11-30(23-32)35-15-3-5-21-41-35)46-40(45-38)33-14-8-12-31(24-33)36-16-4-6-22-42-36/h1-30H;1-28H;1-26H. The summed E-state index contributed by atoms with van der Waals surface area (Å²) in [7, 11) is 0. The van der Waals surface area contributed by atoms with Gasteiger partial charge in [-0.2, -0.15) is 0 Å². The fourth-order valence-electron chi connectivity index (χ4n) is 18.2. The number of hydrogen-bond donors (Lipinski definition) is 0. The minimum atomic E-state index is 0.581. The Labute approximate surface area is 842 Å². The van der Waals surface area contributed by atoms with Gasteiger partial charge < -0.3 is 0 Å². The van der Waals surface area contributed by atoms with Gasteiger partial charge in [0.25, 0.3) is 0 Å². The minimum Gasteiger partial charge on any atom is -0.256 e. The molecule has 0 N–H and O–H groups in total. The predicted molar refractivity (Wildman–Crippen MR) is 589 cm³/mol. The average Bonchev–Trinajstić information content (AvgIpc) is 1.47. The molecule has 0 radical (unpaired) electrons. The number of fused-ring (bicyclic) bond motifs is 5. The molecule has 0 aliphatic rings. The SMILES string of the molecule is c1cc(-c2ccc3ccccc3n2)cc(-c2nc(-c3ccc(-c4cc5ccccc5cn4)cc3)nc(-c3cccc(-c4ccnc5ccccc45)c3)n2)c1.c1ccc(-c2cccc(-c3nc(-c4ccc(-c5cc6ccccc6cn5)cc4)nc(-c4cccc(-c5ccccc5)c4)n3)c2)cc1.c1ccc(-c2cccc(-c3nc(-c4ccc(-c5cc6ccccc6cn5)cc4)nc(-c4cccc(-c5ccccn5)c4)n3)c2)nc1. The maximum atomic E-state index is 5.11. The maximum Gasteiger partial charge on any atom is 0.164 e. The van der Waals surface area contributed by atoms with Crippen LogP contribution in [0.15, 0.2) is 510 Å². The van der Waals surface area contributed by atoms with Gasteiger partial charge in [0.05, 0.1) is 45.2 Å². The van der Waals surface area contributed by atoms with Crippen molar-refractivity contribution in [3.8, 4) is 203 Å². The third-order valence-corrected chi connectivity index (χ3v) is 25.8. The van der Waals surface area contributed by atoms with Crippen molar-refractivity contribution in [3.05, 3.63) is 510 Å². The zero-order chi connectivity index (χ0) is 97.3. The molecule has 26 aromatic rings. The Morgan fingerprint density at radius 1 is 0.116 bits per heavy atom. The Hall–Kier alpha value is -20.1. The molecule has 146 heavy (non-hydrogen) atoms. The molecule has 16 nitrogen and oxygen atoms in total. The average molecular weight is 1870 g/mol. The van der Waals surface area contributed by atoms with Gasteiger partial charge in [-0.05, 0) is 153 Å². The third-order valence-electron chi connectivity index (χ3n) is 25.8. The maximum absolute atomic E-state index is 5.11. The van der Waals surface area contributed by atoms with Crippen LogP contribution in [0.1, 0.15) is 0 Å². The predicted octanol–water partition coefficient (Wildman–Crippen LogP) is 31.2. The van der Waals surface area contributed by atoms with Crippen molar-refractivity contribution in [3.63, 3.8) is 0 Å². The van der Waals surface area contributed by atoms with E-state index in [-0.39, 0.29) is 0 Å². The lowest BCUT2D eigenvalue weighted by atomic mass is 9.99. The summed E-state index contributed by atoms with van der Waals surface area (Å²) < 4.78 is 0. The first-order valence-electron chi connectivity index (χ1n) is 48.2. The van der Waals surface area contributed by atoms with E-state index in [0.717, 1.165) is 200 Å². The summed E-state index contributed by atoms with van der Waals surface area (Å²) in [6.07, 6.45) is 11.2. The van der Waals surface area contributed by atoms with Gasteiger partial charge >= 0.3 is 0 Å². The summed E-state index contributed by atoms with van der Waals surface area (Å²) in [6, 6.07) is 161. The highest BCUT2D eigenvalue weighted by atomic mass is 15.1. The van der Waals surface area contributed by atoms with Gasteiger partial charge in [-0.1, -0.05) is 370 Å². The number of pyridine rings is 7. The molecular weight excluding hydrogens is 1790 g/mol. The molecule has 0 saturated heterocycles. The van der Waals surface area contributed by atoms with E-state index in [1.807, 2.05) is 201 Å². The molecule has 10 heterocycles. The summed E-state index contributed by atoms with van der Waals surface area (Å²) in [5.41, 5.74) is 28.1. The lowest BCUT2D eigenvalue weighted by Gasteiger charge is -2.11. The van der Waals surface area contributed by atoms with Crippen LogP contribution in [0, 0.1) is 0 Å². The Kier molecular flexibility index (Phi) is 24.5. The van der Waals surface area contributed by atoms with Crippen LogP contribution in [0.25, 0.3) is 258 Å². The Morgan fingerprint density at radius 3 is 0.774 bits per heavy atom. The lowest BCUT2D eigenvalue weighted by Crippen LogP contribution is -2.00. The number of aromatic nitrogens is 16. The number of nitrogens with zero attached hydrogens (tertiary/aromatic N) is 16. The molecule has 684 valence electrons. The van der Waals surface area contributed by atoms with Gasteiger partial charge in [-0.3, -0.25) is 29.9 Å². The molecule has 0 bridgehead atoms. The third kappa shape index (κ3) is 19.4. The van der Waals surface area contributed by atoms with Gasteiger partial charge in [-0.15, -0.1) is 0 Å². The zero-order valence-electron chi connectivity index (χ0n) is 78.7. The van der Waals surface area contributed by atoms with Crippen LogP contribution in [0.3, 0.4) is 0 Å². The summed E-state index contributed by atoms with van der Waals surface area (Å²) in [4.78, 5) is 78.1. The molecular formula is C130H84N16. The number of rotatable bonds is 18. The van der Waals surface area contributed by atoms with E-state index in [2.05, 4.69) is 312 Å². The van der Waals surface area contributed by atoms with Crippen molar-refractivity contribution < 1.29 is 0 Å². The van der Waals surface area contributed by atoms with E-state index in [4.69, 9.17) is 64.8 Å². The second-order valence-corrected chi connectivity index (χ2v) is 35.3. The fraction of sp³-hybridized carbons (Fsp3) is 0. The van der Waals surface area contributed by atoms with Crippen LogP contribution in [0.2, 0.25) is 0 Å². The van der Waals surface area contributed by atoms with Crippen LogP contribution < -0.4 is 0 Å². The summed E-state index contributed by atoms with van der Waals surface area (Å²) >= 11 is 0. The van der Waals surface area contributed by atoms with Gasteiger partial charge in [0.2, 0.25) is 0 Å². The topological polar surface area (TPSA) is 206 Å². The summed E-state index contributed by atoms with van der Waals surface area (Å²) in [6.45, 7) is 0.